The molecular weight excluding hydrogens is 408 g/mol. The van der Waals surface area contributed by atoms with Crippen LogP contribution in [0.3, 0.4) is 0 Å². The van der Waals surface area contributed by atoms with Gasteiger partial charge < -0.3 is 5.32 Å². The molecule has 3 aromatic rings. The Morgan fingerprint density at radius 1 is 0.968 bits per heavy atom. The van der Waals surface area contributed by atoms with Crippen molar-refractivity contribution in [3.63, 3.8) is 0 Å². The van der Waals surface area contributed by atoms with Crippen LogP contribution in [0.15, 0.2) is 72.8 Å². The van der Waals surface area contributed by atoms with E-state index in [4.69, 9.17) is 0 Å². The van der Waals surface area contributed by atoms with Gasteiger partial charge in [0.25, 0.3) is 5.91 Å². The van der Waals surface area contributed by atoms with Crippen LogP contribution in [0.1, 0.15) is 45.6 Å². The van der Waals surface area contributed by atoms with Gasteiger partial charge in [-0.25, -0.2) is 8.42 Å². The van der Waals surface area contributed by atoms with Gasteiger partial charge in [-0.15, -0.1) is 0 Å². The second-order valence-electron chi connectivity index (χ2n) is 7.86. The van der Waals surface area contributed by atoms with Gasteiger partial charge in [0.2, 0.25) is 10.0 Å². The Balaban J connectivity index is 1.72. The molecule has 3 aromatic carbocycles. The summed E-state index contributed by atoms with van der Waals surface area (Å²) >= 11 is 0. The molecule has 0 spiro atoms. The molecule has 1 amide bonds. The van der Waals surface area contributed by atoms with Gasteiger partial charge in [0, 0.05) is 5.56 Å². The van der Waals surface area contributed by atoms with Gasteiger partial charge in [0.15, 0.2) is 0 Å². The number of carbonyl (C=O) groups is 1. The Morgan fingerprint density at radius 3 is 2.19 bits per heavy atom. The van der Waals surface area contributed by atoms with Gasteiger partial charge in [-0.05, 0) is 61.7 Å². The quantitative estimate of drug-likeness (QED) is 0.581. The third kappa shape index (κ3) is 5.73. The zero-order chi connectivity index (χ0) is 22.6. The minimum Gasteiger partial charge on any atom is -0.346 e. The van der Waals surface area contributed by atoms with Crippen LogP contribution < -0.4 is 9.62 Å². The van der Waals surface area contributed by atoms with Crippen LogP contribution in [0.4, 0.5) is 5.69 Å². The van der Waals surface area contributed by atoms with Crippen LogP contribution in [0.25, 0.3) is 0 Å². The first-order chi connectivity index (χ1) is 14.6. The van der Waals surface area contributed by atoms with Crippen LogP contribution in [0.5, 0.6) is 0 Å². The van der Waals surface area contributed by atoms with Gasteiger partial charge >= 0.3 is 0 Å². The van der Waals surface area contributed by atoms with Crippen molar-refractivity contribution in [3.05, 3.63) is 101 Å². The summed E-state index contributed by atoms with van der Waals surface area (Å²) in [5, 5.41) is 3.04. The fourth-order valence-corrected chi connectivity index (χ4v) is 4.48. The lowest BCUT2D eigenvalue weighted by Crippen LogP contribution is -2.29. The first-order valence-electron chi connectivity index (χ1n) is 10.1. The van der Waals surface area contributed by atoms with E-state index in [-0.39, 0.29) is 18.5 Å². The molecule has 6 heteroatoms. The predicted molar refractivity (Wildman–Crippen MR) is 126 cm³/mol. The molecule has 0 radical (unpaired) electrons. The largest absolute Gasteiger partial charge is 0.346 e. The Morgan fingerprint density at radius 2 is 1.61 bits per heavy atom. The zero-order valence-corrected chi connectivity index (χ0v) is 19.1. The minimum absolute atomic E-state index is 0.119. The first kappa shape index (κ1) is 22.6. The van der Waals surface area contributed by atoms with Crippen molar-refractivity contribution in [2.45, 2.75) is 33.4 Å². The molecule has 1 unspecified atom stereocenters. The Hall–Kier alpha value is -3.12. The van der Waals surface area contributed by atoms with Crippen molar-refractivity contribution in [1.82, 2.24) is 5.32 Å². The summed E-state index contributed by atoms with van der Waals surface area (Å²) in [7, 11) is -3.44. The second kappa shape index (κ2) is 9.35. The topological polar surface area (TPSA) is 66.5 Å². The number of hydrogen-bond donors (Lipinski definition) is 1. The highest BCUT2D eigenvalue weighted by atomic mass is 32.2. The van der Waals surface area contributed by atoms with Crippen molar-refractivity contribution < 1.29 is 13.2 Å². The van der Waals surface area contributed by atoms with Gasteiger partial charge in [0.05, 0.1) is 24.5 Å². The lowest BCUT2D eigenvalue weighted by atomic mass is 10.00. The molecule has 3 rings (SSSR count). The van der Waals surface area contributed by atoms with Gasteiger partial charge in [0.1, 0.15) is 0 Å². The lowest BCUT2D eigenvalue weighted by molar-refractivity contribution is 0.0940. The number of aryl methyl sites for hydroxylation is 2. The third-order valence-electron chi connectivity index (χ3n) is 5.23. The predicted octanol–water partition coefficient (Wildman–Crippen LogP) is 4.76. The molecule has 0 aliphatic carbocycles. The van der Waals surface area contributed by atoms with Crippen molar-refractivity contribution in [2.24, 2.45) is 0 Å². The van der Waals surface area contributed by atoms with Gasteiger partial charge in [-0.3, -0.25) is 9.10 Å². The van der Waals surface area contributed by atoms with Crippen LogP contribution in [-0.4, -0.2) is 20.6 Å². The number of sulfonamides is 1. The lowest BCUT2D eigenvalue weighted by Gasteiger charge is -2.22. The molecule has 0 bridgehead atoms. The van der Waals surface area contributed by atoms with Gasteiger partial charge in [-0.1, -0.05) is 54.1 Å². The second-order valence-corrected chi connectivity index (χ2v) is 9.76. The number of para-hydroxylation sites is 1. The van der Waals surface area contributed by atoms with Gasteiger partial charge in [-0.2, -0.15) is 0 Å². The molecule has 162 valence electrons. The smallest absolute Gasteiger partial charge is 0.251 e. The normalized spacial score (nSPS) is 12.3. The maximum Gasteiger partial charge on any atom is 0.251 e. The summed E-state index contributed by atoms with van der Waals surface area (Å²) in [5.41, 5.74) is 5.36. The van der Waals surface area contributed by atoms with E-state index in [1.54, 1.807) is 48.5 Å². The van der Waals surface area contributed by atoms with Crippen LogP contribution >= 0.6 is 0 Å². The molecule has 5 nitrogen and oxygen atoms in total. The van der Waals surface area contributed by atoms with Crippen molar-refractivity contribution in [2.75, 3.05) is 10.6 Å². The molecule has 0 aromatic heterocycles. The summed E-state index contributed by atoms with van der Waals surface area (Å²) in [6, 6.07) is 22.1. The van der Waals surface area contributed by atoms with E-state index in [2.05, 4.69) is 11.4 Å². The molecule has 0 saturated heterocycles. The summed E-state index contributed by atoms with van der Waals surface area (Å²) in [4.78, 5) is 12.7. The monoisotopic (exact) mass is 436 g/mol. The Kier molecular flexibility index (Phi) is 6.81. The molecular formula is C25H28N2O3S. The highest BCUT2D eigenvalue weighted by Gasteiger charge is 2.18. The first-order valence-corrected chi connectivity index (χ1v) is 12.0. The highest BCUT2D eigenvalue weighted by Crippen LogP contribution is 2.21. The van der Waals surface area contributed by atoms with E-state index in [1.807, 2.05) is 39.0 Å². The maximum absolute atomic E-state index is 12.7. The molecule has 0 aliphatic rings. The molecule has 0 heterocycles. The van der Waals surface area contributed by atoms with Crippen LogP contribution in [0, 0.1) is 13.8 Å². The summed E-state index contributed by atoms with van der Waals surface area (Å²) in [5.74, 6) is -0.165. The number of hydrogen-bond acceptors (Lipinski definition) is 3. The van der Waals surface area contributed by atoms with E-state index in [1.165, 1.54) is 16.1 Å². The van der Waals surface area contributed by atoms with Crippen molar-refractivity contribution in [3.8, 4) is 0 Å². The maximum atomic E-state index is 12.7. The number of amides is 1. The fourth-order valence-electron chi connectivity index (χ4n) is 3.59. The van der Waals surface area contributed by atoms with E-state index in [9.17, 15) is 13.2 Å². The molecule has 1 N–H and O–H groups in total. The Labute approximate surface area is 184 Å². The number of nitrogens with zero attached hydrogens (tertiary/aromatic N) is 1. The fraction of sp³-hybridized carbons (Fsp3) is 0.240. The average molecular weight is 437 g/mol. The Bertz CT molecular complexity index is 1160. The number of rotatable bonds is 7. The summed E-state index contributed by atoms with van der Waals surface area (Å²) in [6.07, 6.45) is 1.19. The molecule has 0 aliphatic heterocycles. The number of nitrogens with one attached hydrogen (secondary N) is 1. The summed E-state index contributed by atoms with van der Waals surface area (Å²) in [6.45, 7) is 6.25. The molecule has 1 atom stereocenters. The average Bonchev–Trinajstić information content (AvgIpc) is 2.72. The van der Waals surface area contributed by atoms with E-state index in [0.29, 0.717) is 11.3 Å². The minimum atomic E-state index is -3.44. The standard InChI is InChI=1S/C25H28N2O3S/c1-18-10-15-24(19(2)16-18)20(3)26-25(28)22-13-11-21(12-14-22)17-27(31(4,29)30)23-8-6-5-7-9-23/h5-16,20H,17H2,1-4H3,(H,26,28). The zero-order valence-electron chi connectivity index (χ0n) is 18.3. The summed E-state index contributed by atoms with van der Waals surface area (Å²) < 4.78 is 25.9. The third-order valence-corrected chi connectivity index (χ3v) is 6.37. The highest BCUT2D eigenvalue weighted by molar-refractivity contribution is 7.92. The van der Waals surface area contributed by atoms with Crippen LogP contribution in [-0.2, 0) is 16.6 Å². The van der Waals surface area contributed by atoms with E-state index >= 15 is 0 Å². The number of anilines is 1. The van der Waals surface area contributed by atoms with E-state index < -0.39 is 10.0 Å². The van der Waals surface area contributed by atoms with Crippen molar-refractivity contribution >= 4 is 21.6 Å². The molecule has 31 heavy (non-hydrogen) atoms. The number of benzene rings is 3. The van der Waals surface area contributed by atoms with Crippen LogP contribution in [0.2, 0.25) is 0 Å². The molecule has 0 fully saturated rings. The number of carbonyl (C=O) groups excluding carboxylic acids is 1. The SMILES string of the molecule is Cc1ccc(C(C)NC(=O)c2ccc(CN(c3ccccc3)S(C)(=O)=O)cc2)c(C)c1. The van der Waals surface area contributed by atoms with E-state index in [0.717, 1.165) is 16.7 Å². The van der Waals surface area contributed by atoms with Crippen molar-refractivity contribution in [1.29, 1.82) is 0 Å². The molecule has 0 saturated carbocycles.